The molecule has 0 aliphatic heterocycles. The molecule has 0 atom stereocenters. The minimum atomic E-state index is -3.88. The second-order valence-electron chi connectivity index (χ2n) is 7.72. The van der Waals surface area contributed by atoms with E-state index in [1.165, 1.54) is 12.1 Å². The monoisotopic (exact) mass is 408 g/mol. The molecule has 9 heteroatoms. The summed E-state index contributed by atoms with van der Waals surface area (Å²) in [6.45, 7) is 10.7. The first-order chi connectivity index (χ1) is 12.5. The van der Waals surface area contributed by atoms with Gasteiger partial charge in [0.25, 0.3) is 10.0 Å². The lowest BCUT2D eigenvalue weighted by atomic mass is 10.3. The Morgan fingerprint density at radius 3 is 2.15 bits per heavy atom. The lowest BCUT2D eigenvalue weighted by molar-refractivity contribution is 0.155. The summed E-state index contributed by atoms with van der Waals surface area (Å²) in [6.07, 6.45) is 0. The number of hydrogen-bond acceptors (Lipinski definition) is 6. The average Bonchev–Trinajstić information content (AvgIpc) is 2.52. The Labute approximate surface area is 162 Å². The molecule has 2 N–H and O–H groups in total. The van der Waals surface area contributed by atoms with Gasteiger partial charge in [-0.05, 0) is 50.2 Å². The maximum Gasteiger partial charge on any atom is 0.268 e. The van der Waals surface area contributed by atoms with Gasteiger partial charge in [-0.25, -0.2) is 22.7 Å². The minimum Gasteiger partial charge on any atom is -0.399 e. The molecule has 0 radical (unpaired) electrons. The first kappa shape index (κ1) is 21.3. The van der Waals surface area contributed by atoms with Crippen LogP contribution in [0.25, 0.3) is 0 Å². The maximum absolute atomic E-state index is 13.2. The normalized spacial score (nSPS) is 12.2. The molecule has 7 nitrogen and oxygen atoms in total. The predicted molar refractivity (Wildman–Crippen MR) is 111 cm³/mol. The van der Waals surface area contributed by atoms with Gasteiger partial charge in [-0.3, -0.25) is 0 Å². The Morgan fingerprint density at radius 2 is 1.63 bits per heavy atom. The van der Waals surface area contributed by atoms with Gasteiger partial charge in [0.2, 0.25) is 5.95 Å². The lowest BCUT2D eigenvalue weighted by Gasteiger charge is -2.24. The third kappa shape index (κ3) is 6.01. The van der Waals surface area contributed by atoms with E-state index in [1.807, 2.05) is 0 Å². The summed E-state index contributed by atoms with van der Waals surface area (Å²) in [4.78, 5) is 8.74. The van der Waals surface area contributed by atoms with E-state index in [-0.39, 0.29) is 17.6 Å². The van der Waals surface area contributed by atoms with Crippen LogP contribution in [-0.4, -0.2) is 39.8 Å². The molecule has 0 aliphatic carbocycles. The molecule has 0 unspecified atom stereocenters. The van der Waals surface area contributed by atoms with Crippen molar-refractivity contribution < 1.29 is 13.2 Å². The predicted octanol–water partition coefficient (Wildman–Crippen LogP) is 3.18. The molecule has 0 aliphatic rings. The highest BCUT2D eigenvalue weighted by Gasteiger charge is 2.28. The van der Waals surface area contributed by atoms with Crippen LogP contribution in [0.3, 0.4) is 0 Å². The molecular weight excluding hydrogens is 380 g/mol. The van der Waals surface area contributed by atoms with Crippen molar-refractivity contribution in [3.05, 3.63) is 41.7 Å². The Kier molecular flexibility index (Phi) is 6.61. The number of sulfonamides is 1. The second kappa shape index (κ2) is 8.36. The van der Waals surface area contributed by atoms with Gasteiger partial charge in [-0.2, -0.15) is 0 Å². The number of anilines is 2. The van der Waals surface area contributed by atoms with Gasteiger partial charge in [0.15, 0.2) is 0 Å². The Hall–Kier alpha value is -1.97. The largest absolute Gasteiger partial charge is 0.399 e. The number of nitrogens with zero attached hydrogens (tertiary/aromatic N) is 3. The summed E-state index contributed by atoms with van der Waals surface area (Å²) < 4.78 is 33.2. The van der Waals surface area contributed by atoms with Crippen molar-refractivity contribution in [3.8, 4) is 0 Å². The van der Waals surface area contributed by atoms with Gasteiger partial charge in [0, 0.05) is 31.8 Å². The number of nitrogen functional groups attached to an aromatic ring is 1. The van der Waals surface area contributed by atoms with E-state index in [9.17, 15) is 8.42 Å². The van der Waals surface area contributed by atoms with Crippen LogP contribution < -0.4 is 10.0 Å². The van der Waals surface area contributed by atoms with Crippen LogP contribution >= 0.6 is 0 Å². The molecule has 0 spiro atoms. The summed E-state index contributed by atoms with van der Waals surface area (Å²) >= 11 is 0. The van der Waals surface area contributed by atoms with Crippen LogP contribution in [0.5, 0.6) is 0 Å². The zero-order chi connectivity index (χ0) is 20.2. The SMILES string of the molecule is Cc1cc(C)nc(N(COCC[Si](C)(C)C)S(=O)(=O)c2ccc(N)cc2)n1. The van der Waals surface area contributed by atoms with Crippen molar-refractivity contribution >= 4 is 29.7 Å². The van der Waals surface area contributed by atoms with Crippen LogP contribution in [0.2, 0.25) is 25.7 Å². The molecule has 2 rings (SSSR count). The van der Waals surface area contributed by atoms with Crippen LogP contribution in [0.4, 0.5) is 11.6 Å². The number of benzene rings is 1. The molecule has 0 fully saturated rings. The number of ether oxygens (including phenoxy) is 1. The van der Waals surface area contributed by atoms with Crippen LogP contribution in [0.1, 0.15) is 11.4 Å². The number of nitrogens with two attached hydrogens (primary N) is 1. The van der Waals surface area contributed by atoms with Crippen molar-refractivity contribution in [2.24, 2.45) is 0 Å². The lowest BCUT2D eigenvalue weighted by Crippen LogP contribution is -2.35. The zero-order valence-electron chi connectivity index (χ0n) is 16.6. The maximum atomic E-state index is 13.2. The first-order valence-electron chi connectivity index (χ1n) is 8.77. The fourth-order valence-electron chi connectivity index (χ4n) is 2.35. The number of hydrogen-bond donors (Lipinski definition) is 1. The topological polar surface area (TPSA) is 98.4 Å². The third-order valence-corrected chi connectivity index (χ3v) is 7.29. The molecule has 1 aromatic carbocycles. The minimum absolute atomic E-state index is 0.109. The second-order valence-corrected chi connectivity index (χ2v) is 15.2. The van der Waals surface area contributed by atoms with Gasteiger partial charge in [-0.1, -0.05) is 19.6 Å². The Bertz CT molecular complexity index is 860. The molecule has 148 valence electrons. The summed E-state index contributed by atoms with van der Waals surface area (Å²) in [5.74, 6) is 0.109. The highest BCUT2D eigenvalue weighted by Crippen LogP contribution is 2.22. The highest BCUT2D eigenvalue weighted by molar-refractivity contribution is 7.92. The molecule has 2 aromatic rings. The summed E-state index contributed by atoms with van der Waals surface area (Å²) in [7, 11) is -5.16. The van der Waals surface area contributed by atoms with E-state index in [0.29, 0.717) is 23.7 Å². The van der Waals surface area contributed by atoms with E-state index < -0.39 is 18.1 Å². The summed E-state index contributed by atoms with van der Waals surface area (Å²) in [5.41, 5.74) is 7.56. The summed E-state index contributed by atoms with van der Waals surface area (Å²) in [6, 6.07) is 8.80. The molecule has 0 saturated carbocycles. The molecular formula is C18H28N4O3SSi. The number of aryl methyl sites for hydroxylation is 2. The van der Waals surface area contributed by atoms with E-state index in [1.54, 1.807) is 32.0 Å². The highest BCUT2D eigenvalue weighted by atomic mass is 32.2. The average molecular weight is 409 g/mol. The van der Waals surface area contributed by atoms with Crippen LogP contribution in [-0.2, 0) is 14.8 Å². The first-order valence-corrected chi connectivity index (χ1v) is 13.9. The van der Waals surface area contributed by atoms with Gasteiger partial charge in [-0.15, -0.1) is 0 Å². The fraction of sp³-hybridized carbons (Fsp3) is 0.444. The van der Waals surface area contributed by atoms with Crippen molar-refractivity contribution in [2.75, 3.05) is 23.4 Å². The van der Waals surface area contributed by atoms with Gasteiger partial charge in [0.05, 0.1) is 4.90 Å². The molecule has 0 bridgehead atoms. The summed E-state index contributed by atoms with van der Waals surface area (Å²) in [5, 5.41) is 0. The third-order valence-electron chi connectivity index (χ3n) is 3.87. The van der Waals surface area contributed by atoms with Crippen LogP contribution in [0.15, 0.2) is 35.2 Å². The van der Waals surface area contributed by atoms with Gasteiger partial charge >= 0.3 is 0 Å². The Morgan fingerprint density at radius 1 is 1.07 bits per heavy atom. The standard InChI is InChI=1S/C18H28N4O3SSi/c1-14-12-15(2)21-18(20-14)22(13-25-10-11-27(3,4)5)26(23,24)17-8-6-16(19)7-9-17/h6-9,12H,10-11,13,19H2,1-5H3. The number of rotatable bonds is 8. The molecule has 1 heterocycles. The van der Waals surface area contributed by atoms with Gasteiger partial charge in [0.1, 0.15) is 6.73 Å². The number of aromatic nitrogens is 2. The molecule has 1 aromatic heterocycles. The Balaban J connectivity index is 2.35. The van der Waals surface area contributed by atoms with Gasteiger partial charge < -0.3 is 10.5 Å². The quantitative estimate of drug-likeness (QED) is 0.312. The van der Waals surface area contributed by atoms with E-state index in [4.69, 9.17) is 10.5 Å². The molecule has 27 heavy (non-hydrogen) atoms. The fourth-order valence-corrected chi connectivity index (χ4v) is 4.35. The molecule has 0 amide bonds. The molecule has 0 saturated heterocycles. The van der Waals surface area contributed by atoms with Crippen LogP contribution in [0, 0.1) is 13.8 Å². The van der Waals surface area contributed by atoms with E-state index in [0.717, 1.165) is 10.3 Å². The smallest absolute Gasteiger partial charge is 0.268 e. The van der Waals surface area contributed by atoms with E-state index >= 15 is 0 Å². The van der Waals surface area contributed by atoms with Crippen molar-refractivity contribution in [1.29, 1.82) is 0 Å². The van der Waals surface area contributed by atoms with Crippen molar-refractivity contribution in [2.45, 2.75) is 44.4 Å². The van der Waals surface area contributed by atoms with Crippen molar-refractivity contribution in [3.63, 3.8) is 0 Å². The zero-order valence-corrected chi connectivity index (χ0v) is 18.4. The van der Waals surface area contributed by atoms with E-state index in [2.05, 4.69) is 29.6 Å². The van der Waals surface area contributed by atoms with Crippen molar-refractivity contribution in [1.82, 2.24) is 9.97 Å².